The summed E-state index contributed by atoms with van der Waals surface area (Å²) in [5.41, 5.74) is 2.42. The summed E-state index contributed by atoms with van der Waals surface area (Å²) in [6.07, 6.45) is 5.54. The number of piperidine rings is 1. The molecule has 2 aromatic carbocycles. The van der Waals surface area contributed by atoms with Crippen LogP contribution in [0.25, 0.3) is 0 Å². The Labute approximate surface area is 182 Å². The molecule has 1 aliphatic rings. The quantitative estimate of drug-likeness (QED) is 0.591. The van der Waals surface area contributed by atoms with Crippen molar-refractivity contribution >= 4 is 9.84 Å². The van der Waals surface area contributed by atoms with Gasteiger partial charge in [0.2, 0.25) is 0 Å². The molecule has 1 saturated heterocycles. The number of para-hydroxylation sites is 1. The third-order valence-electron chi connectivity index (χ3n) is 5.61. The Balaban J connectivity index is 1.55. The number of benzene rings is 2. The molecule has 6 nitrogen and oxygen atoms in total. The smallest absolute Gasteiger partial charge is 0.178 e. The summed E-state index contributed by atoms with van der Waals surface area (Å²) in [7, 11) is -3.36. The molecular weight excluding hydrogens is 417 g/mol. The van der Waals surface area contributed by atoms with Crippen LogP contribution in [0.3, 0.4) is 0 Å². The summed E-state index contributed by atoms with van der Waals surface area (Å²) in [6, 6.07) is 14.1. The second-order valence-corrected chi connectivity index (χ2v) is 9.91. The number of sulfone groups is 1. The molecule has 4 rings (SSSR count). The molecule has 1 N–H and O–H groups in total. The normalized spacial score (nSPS) is 17.5. The van der Waals surface area contributed by atoms with Crippen LogP contribution in [-0.2, 0) is 23.0 Å². The third-order valence-corrected chi connectivity index (χ3v) is 6.73. The minimum Gasteiger partial charge on any atom is -0.489 e. The molecule has 31 heavy (non-hydrogen) atoms. The second kappa shape index (κ2) is 9.20. The van der Waals surface area contributed by atoms with Crippen molar-refractivity contribution in [3.05, 3.63) is 77.4 Å². The fraction of sp³-hybridized carbons (Fsp3) is 0.348. The minimum atomic E-state index is -3.36. The Bertz CT molecular complexity index is 1150. The van der Waals surface area contributed by atoms with E-state index in [2.05, 4.69) is 15.1 Å². The fourth-order valence-electron chi connectivity index (χ4n) is 4.11. The van der Waals surface area contributed by atoms with Crippen LogP contribution in [0.15, 0.2) is 59.6 Å². The molecule has 1 aromatic heterocycles. The molecule has 0 bridgehead atoms. The summed E-state index contributed by atoms with van der Waals surface area (Å²) >= 11 is 0. The van der Waals surface area contributed by atoms with E-state index in [1.807, 2.05) is 30.3 Å². The van der Waals surface area contributed by atoms with Gasteiger partial charge < -0.3 is 4.74 Å². The Morgan fingerprint density at radius 2 is 2.03 bits per heavy atom. The van der Waals surface area contributed by atoms with Crippen LogP contribution in [0.2, 0.25) is 0 Å². The number of H-pyrrole nitrogens is 1. The van der Waals surface area contributed by atoms with E-state index in [-0.39, 0.29) is 23.4 Å². The van der Waals surface area contributed by atoms with Crippen molar-refractivity contribution in [2.45, 2.75) is 43.4 Å². The summed E-state index contributed by atoms with van der Waals surface area (Å²) in [6.45, 7) is 1.74. The SMILES string of the molecule is CS(=O)(=O)c1cn[nH]c1[C@@H]1CCCCN1Cc1ccccc1OCc1cccc(F)c1. The van der Waals surface area contributed by atoms with Crippen molar-refractivity contribution in [2.24, 2.45) is 0 Å². The number of rotatable bonds is 7. The van der Waals surface area contributed by atoms with E-state index in [9.17, 15) is 12.8 Å². The second-order valence-electron chi connectivity index (χ2n) is 7.93. The van der Waals surface area contributed by atoms with E-state index in [1.54, 1.807) is 6.07 Å². The molecule has 0 amide bonds. The maximum Gasteiger partial charge on any atom is 0.178 e. The highest BCUT2D eigenvalue weighted by atomic mass is 32.2. The molecule has 1 fully saturated rings. The van der Waals surface area contributed by atoms with Crippen molar-refractivity contribution in [3.63, 3.8) is 0 Å². The first-order valence-electron chi connectivity index (χ1n) is 10.3. The molecule has 3 aromatic rings. The van der Waals surface area contributed by atoms with E-state index < -0.39 is 9.84 Å². The average Bonchev–Trinajstić information content (AvgIpc) is 3.24. The number of nitrogens with one attached hydrogen (secondary N) is 1. The lowest BCUT2D eigenvalue weighted by Gasteiger charge is -2.35. The highest BCUT2D eigenvalue weighted by Gasteiger charge is 2.30. The molecule has 0 radical (unpaired) electrons. The van der Waals surface area contributed by atoms with Gasteiger partial charge in [0, 0.05) is 18.4 Å². The van der Waals surface area contributed by atoms with Crippen molar-refractivity contribution < 1.29 is 17.5 Å². The zero-order chi connectivity index (χ0) is 21.8. The van der Waals surface area contributed by atoms with Gasteiger partial charge in [0.15, 0.2) is 9.84 Å². The van der Waals surface area contributed by atoms with Crippen LogP contribution in [0.4, 0.5) is 4.39 Å². The Hall–Kier alpha value is -2.71. The molecule has 164 valence electrons. The zero-order valence-electron chi connectivity index (χ0n) is 17.4. The number of aromatic amines is 1. The van der Waals surface area contributed by atoms with E-state index in [0.29, 0.717) is 12.2 Å². The Morgan fingerprint density at radius 1 is 1.19 bits per heavy atom. The van der Waals surface area contributed by atoms with Crippen molar-refractivity contribution in [3.8, 4) is 5.75 Å². The summed E-state index contributed by atoms with van der Waals surface area (Å²) in [4.78, 5) is 2.54. The number of nitrogens with zero attached hydrogens (tertiary/aromatic N) is 2. The summed E-state index contributed by atoms with van der Waals surface area (Å²) in [5, 5.41) is 6.93. The third kappa shape index (κ3) is 5.14. The minimum absolute atomic E-state index is 0.0581. The van der Waals surface area contributed by atoms with Crippen molar-refractivity contribution in [2.75, 3.05) is 12.8 Å². The maximum absolute atomic E-state index is 13.5. The molecule has 0 aliphatic carbocycles. The van der Waals surface area contributed by atoms with E-state index in [4.69, 9.17) is 4.74 Å². The number of likely N-dealkylation sites (tertiary alicyclic amines) is 1. The van der Waals surface area contributed by atoms with Gasteiger partial charge in [-0.3, -0.25) is 10.00 Å². The predicted octanol–water partition coefficient (Wildman–Crippen LogP) is 4.26. The average molecular weight is 444 g/mol. The number of aromatic nitrogens is 2. The van der Waals surface area contributed by atoms with E-state index in [0.717, 1.165) is 42.7 Å². The molecule has 0 spiro atoms. The standard InChI is InChI=1S/C23H26FN3O3S/c1-31(28,29)22-14-25-26-23(22)20-10-4-5-12-27(20)15-18-8-2-3-11-21(18)30-16-17-7-6-9-19(24)13-17/h2-3,6-9,11,13-14,20H,4-5,10,12,15-16H2,1H3,(H,25,26)/t20-/m0/s1. The Kier molecular flexibility index (Phi) is 6.38. The van der Waals surface area contributed by atoms with Crippen LogP contribution in [-0.4, -0.2) is 36.3 Å². The van der Waals surface area contributed by atoms with E-state index >= 15 is 0 Å². The number of hydrogen-bond acceptors (Lipinski definition) is 5. The van der Waals surface area contributed by atoms with Gasteiger partial charge in [-0.25, -0.2) is 12.8 Å². The number of ether oxygens (including phenoxy) is 1. The van der Waals surface area contributed by atoms with Gasteiger partial charge in [-0.05, 0) is 43.1 Å². The fourth-order valence-corrected chi connectivity index (χ4v) is 4.93. The molecule has 1 aliphatic heterocycles. The van der Waals surface area contributed by atoms with Gasteiger partial charge in [0.05, 0.1) is 17.9 Å². The van der Waals surface area contributed by atoms with Gasteiger partial charge in [-0.1, -0.05) is 36.8 Å². The van der Waals surface area contributed by atoms with Crippen LogP contribution in [0.5, 0.6) is 5.75 Å². The van der Waals surface area contributed by atoms with Crippen LogP contribution in [0, 0.1) is 5.82 Å². The lowest BCUT2D eigenvalue weighted by Crippen LogP contribution is -2.34. The zero-order valence-corrected chi connectivity index (χ0v) is 18.2. The maximum atomic E-state index is 13.5. The monoisotopic (exact) mass is 443 g/mol. The highest BCUT2D eigenvalue weighted by molar-refractivity contribution is 7.90. The first-order valence-corrected chi connectivity index (χ1v) is 12.2. The van der Waals surface area contributed by atoms with Gasteiger partial charge >= 0.3 is 0 Å². The molecule has 0 unspecified atom stereocenters. The molecule has 2 heterocycles. The van der Waals surface area contributed by atoms with Gasteiger partial charge in [-0.2, -0.15) is 5.10 Å². The predicted molar refractivity (Wildman–Crippen MR) is 116 cm³/mol. The molecule has 8 heteroatoms. The summed E-state index contributed by atoms with van der Waals surface area (Å²) < 4.78 is 43.9. The van der Waals surface area contributed by atoms with E-state index in [1.165, 1.54) is 24.6 Å². The van der Waals surface area contributed by atoms with Gasteiger partial charge in [-0.15, -0.1) is 0 Å². The molecule has 1 atom stereocenters. The van der Waals surface area contributed by atoms with Crippen molar-refractivity contribution in [1.82, 2.24) is 15.1 Å². The molecule has 0 saturated carbocycles. The summed E-state index contributed by atoms with van der Waals surface area (Å²) in [5.74, 6) is 0.454. The largest absolute Gasteiger partial charge is 0.489 e. The Morgan fingerprint density at radius 3 is 2.84 bits per heavy atom. The van der Waals surface area contributed by atoms with Crippen LogP contribution in [0.1, 0.15) is 42.1 Å². The lowest BCUT2D eigenvalue weighted by atomic mass is 9.98. The first-order chi connectivity index (χ1) is 14.9. The van der Waals surface area contributed by atoms with Crippen molar-refractivity contribution in [1.29, 1.82) is 0 Å². The topological polar surface area (TPSA) is 75.3 Å². The van der Waals surface area contributed by atoms with Gasteiger partial charge in [0.1, 0.15) is 23.1 Å². The number of halogens is 1. The van der Waals surface area contributed by atoms with Crippen LogP contribution < -0.4 is 4.74 Å². The first kappa shape index (κ1) is 21.5. The van der Waals surface area contributed by atoms with Gasteiger partial charge in [0.25, 0.3) is 0 Å². The highest BCUT2D eigenvalue weighted by Crippen LogP contribution is 2.35. The van der Waals surface area contributed by atoms with Crippen LogP contribution >= 0.6 is 0 Å². The number of hydrogen-bond donors (Lipinski definition) is 1. The lowest BCUT2D eigenvalue weighted by molar-refractivity contribution is 0.133. The molecular formula is C23H26FN3O3S.